The van der Waals surface area contributed by atoms with Crippen molar-refractivity contribution >= 4 is 17.6 Å². The molecule has 0 bridgehead atoms. The highest BCUT2D eigenvalue weighted by molar-refractivity contribution is 5.86. The summed E-state index contributed by atoms with van der Waals surface area (Å²) in [6.07, 6.45) is 3.00. The Morgan fingerprint density at radius 1 is 1.39 bits per heavy atom. The summed E-state index contributed by atoms with van der Waals surface area (Å²) < 4.78 is 6.74. The van der Waals surface area contributed by atoms with Gasteiger partial charge in [0.1, 0.15) is 5.82 Å². The van der Waals surface area contributed by atoms with Gasteiger partial charge in [-0.1, -0.05) is 0 Å². The van der Waals surface area contributed by atoms with Crippen LogP contribution in [0.4, 0.5) is 5.82 Å². The zero-order valence-electron chi connectivity index (χ0n) is 9.61. The lowest BCUT2D eigenvalue weighted by Gasteiger charge is -2.27. The van der Waals surface area contributed by atoms with Gasteiger partial charge in [-0.15, -0.1) is 0 Å². The van der Waals surface area contributed by atoms with Crippen molar-refractivity contribution in [1.82, 2.24) is 14.4 Å². The summed E-state index contributed by atoms with van der Waals surface area (Å²) in [5, 5.41) is 8.97. The summed E-state index contributed by atoms with van der Waals surface area (Å²) in [5.41, 5.74) is 0.117. The number of carbonyl (C=O) groups is 1. The number of ether oxygens (including phenoxy) is 1. The predicted molar refractivity (Wildman–Crippen MR) is 63.0 cm³/mol. The van der Waals surface area contributed by atoms with E-state index in [4.69, 9.17) is 9.84 Å². The molecule has 18 heavy (non-hydrogen) atoms. The van der Waals surface area contributed by atoms with E-state index in [1.165, 1.54) is 10.6 Å². The molecule has 7 heteroatoms. The first kappa shape index (κ1) is 11.0. The predicted octanol–water partition coefficient (Wildman–Crippen LogP) is 0.264. The van der Waals surface area contributed by atoms with Crippen LogP contribution in [0.15, 0.2) is 18.5 Å². The van der Waals surface area contributed by atoms with Crippen molar-refractivity contribution in [2.75, 3.05) is 31.2 Å². The normalized spacial score (nSPS) is 16.1. The van der Waals surface area contributed by atoms with Crippen LogP contribution in [0.3, 0.4) is 0 Å². The molecule has 94 valence electrons. The molecule has 2 aromatic heterocycles. The minimum absolute atomic E-state index is 0.117. The summed E-state index contributed by atoms with van der Waals surface area (Å²) in [6, 6.07) is 1.80. The second-order valence-corrected chi connectivity index (χ2v) is 4.00. The van der Waals surface area contributed by atoms with Crippen LogP contribution in [-0.2, 0) is 4.74 Å². The first-order valence-corrected chi connectivity index (χ1v) is 5.66. The van der Waals surface area contributed by atoms with E-state index >= 15 is 0 Å². The van der Waals surface area contributed by atoms with Crippen molar-refractivity contribution in [2.24, 2.45) is 0 Å². The van der Waals surface area contributed by atoms with Gasteiger partial charge in [0.25, 0.3) is 0 Å². The number of morpholine rings is 1. The molecule has 1 aliphatic heterocycles. The van der Waals surface area contributed by atoms with Gasteiger partial charge in [0.05, 0.1) is 19.4 Å². The number of anilines is 1. The largest absolute Gasteiger partial charge is 0.477 e. The molecule has 2 aromatic rings. The first-order chi connectivity index (χ1) is 8.75. The minimum Gasteiger partial charge on any atom is -0.477 e. The van der Waals surface area contributed by atoms with Crippen LogP contribution in [-0.4, -0.2) is 51.7 Å². The monoisotopic (exact) mass is 248 g/mol. The van der Waals surface area contributed by atoms with Crippen LogP contribution >= 0.6 is 0 Å². The molecule has 3 heterocycles. The third kappa shape index (κ3) is 1.78. The summed E-state index contributed by atoms with van der Waals surface area (Å²) in [5.74, 6) is 0.188. The van der Waals surface area contributed by atoms with Gasteiger partial charge >= 0.3 is 5.97 Å². The molecular weight excluding hydrogens is 236 g/mol. The molecule has 0 amide bonds. The van der Waals surface area contributed by atoms with Gasteiger partial charge in [-0.3, -0.25) is 4.40 Å². The molecule has 0 spiro atoms. The fraction of sp³-hybridized carbons (Fsp3) is 0.364. The Labute approximate surface area is 103 Å². The first-order valence-electron chi connectivity index (χ1n) is 5.66. The number of imidazole rings is 1. The highest BCUT2D eigenvalue weighted by atomic mass is 16.5. The van der Waals surface area contributed by atoms with E-state index in [1.807, 2.05) is 0 Å². The lowest BCUT2D eigenvalue weighted by Crippen LogP contribution is -2.36. The standard InChI is InChI=1S/C11H12N4O3/c16-10(17)8-7-12-11-13-9(1-2-15(8)11)14-3-5-18-6-4-14/h1-2,7H,3-6H2,(H,16,17). The molecule has 0 aliphatic carbocycles. The molecule has 3 rings (SSSR count). The third-order valence-corrected chi connectivity index (χ3v) is 2.92. The Morgan fingerprint density at radius 2 is 2.17 bits per heavy atom. The van der Waals surface area contributed by atoms with Crippen LogP contribution < -0.4 is 4.90 Å². The van der Waals surface area contributed by atoms with E-state index in [0.717, 1.165) is 18.9 Å². The summed E-state index contributed by atoms with van der Waals surface area (Å²) in [4.78, 5) is 21.4. The van der Waals surface area contributed by atoms with Crippen molar-refractivity contribution < 1.29 is 14.6 Å². The van der Waals surface area contributed by atoms with Crippen molar-refractivity contribution in [1.29, 1.82) is 0 Å². The number of hydrogen-bond acceptors (Lipinski definition) is 5. The number of aromatic nitrogens is 3. The molecular formula is C11H12N4O3. The maximum absolute atomic E-state index is 10.9. The van der Waals surface area contributed by atoms with Crippen LogP contribution in [0, 0.1) is 0 Å². The quantitative estimate of drug-likeness (QED) is 0.821. The highest BCUT2D eigenvalue weighted by Gasteiger charge is 2.15. The minimum atomic E-state index is -1.01. The van der Waals surface area contributed by atoms with Gasteiger partial charge in [0.15, 0.2) is 5.69 Å². The molecule has 0 aromatic carbocycles. The number of aromatic carboxylic acids is 1. The summed E-state index contributed by atoms with van der Waals surface area (Å²) in [7, 11) is 0. The zero-order chi connectivity index (χ0) is 12.5. The Kier molecular flexibility index (Phi) is 2.60. The number of carboxylic acid groups (broad SMARTS) is 1. The number of rotatable bonds is 2. The average Bonchev–Trinajstić information content (AvgIpc) is 2.82. The highest BCUT2D eigenvalue weighted by Crippen LogP contribution is 2.14. The molecule has 0 saturated carbocycles. The molecule has 1 saturated heterocycles. The maximum atomic E-state index is 10.9. The zero-order valence-corrected chi connectivity index (χ0v) is 9.61. The summed E-state index contributed by atoms with van der Waals surface area (Å²) >= 11 is 0. The van der Waals surface area contributed by atoms with Gasteiger partial charge in [0, 0.05) is 19.3 Å². The molecule has 1 aliphatic rings. The van der Waals surface area contributed by atoms with E-state index in [9.17, 15) is 4.79 Å². The van der Waals surface area contributed by atoms with Crippen molar-refractivity contribution in [3.05, 3.63) is 24.2 Å². The van der Waals surface area contributed by atoms with Crippen LogP contribution in [0.25, 0.3) is 5.78 Å². The third-order valence-electron chi connectivity index (χ3n) is 2.92. The Morgan fingerprint density at radius 3 is 2.89 bits per heavy atom. The fourth-order valence-corrected chi connectivity index (χ4v) is 1.99. The second-order valence-electron chi connectivity index (χ2n) is 4.00. The van der Waals surface area contributed by atoms with Crippen molar-refractivity contribution in [3.63, 3.8) is 0 Å². The second kappa shape index (κ2) is 4.26. The molecule has 0 unspecified atom stereocenters. The lowest BCUT2D eigenvalue weighted by molar-refractivity contribution is 0.0689. The average molecular weight is 248 g/mol. The maximum Gasteiger partial charge on any atom is 0.354 e. The molecule has 1 fully saturated rings. The number of hydrogen-bond donors (Lipinski definition) is 1. The SMILES string of the molecule is O=C(O)c1cnc2nc(N3CCOCC3)ccn12. The van der Waals surface area contributed by atoms with Crippen LogP contribution in [0.5, 0.6) is 0 Å². The number of nitrogens with zero attached hydrogens (tertiary/aromatic N) is 4. The van der Waals surface area contributed by atoms with Gasteiger partial charge in [-0.2, -0.15) is 4.98 Å². The van der Waals surface area contributed by atoms with E-state index in [1.54, 1.807) is 12.3 Å². The van der Waals surface area contributed by atoms with E-state index in [2.05, 4.69) is 14.9 Å². The van der Waals surface area contributed by atoms with Gasteiger partial charge in [0.2, 0.25) is 5.78 Å². The smallest absolute Gasteiger partial charge is 0.354 e. The van der Waals surface area contributed by atoms with Gasteiger partial charge < -0.3 is 14.7 Å². The fourth-order valence-electron chi connectivity index (χ4n) is 1.99. The molecule has 0 atom stereocenters. The van der Waals surface area contributed by atoms with Crippen LogP contribution in [0.1, 0.15) is 10.5 Å². The van der Waals surface area contributed by atoms with E-state index < -0.39 is 5.97 Å². The van der Waals surface area contributed by atoms with Crippen molar-refractivity contribution in [2.45, 2.75) is 0 Å². The molecule has 1 N–H and O–H groups in total. The van der Waals surface area contributed by atoms with Crippen molar-refractivity contribution in [3.8, 4) is 0 Å². The molecule has 0 radical (unpaired) electrons. The Bertz CT molecular complexity index is 589. The van der Waals surface area contributed by atoms with Gasteiger partial charge in [-0.05, 0) is 6.07 Å². The Hall–Kier alpha value is -2.15. The summed E-state index contributed by atoms with van der Waals surface area (Å²) in [6.45, 7) is 2.94. The van der Waals surface area contributed by atoms with Crippen LogP contribution in [0.2, 0.25) is 0 Å². The van der Waals surface area contributed by atoms with E-state index in [-0.39, 0.29) is 5.69 Å². The van der Waals surface area contributed by atoms with E-state index in [0.29, 0.717) is 19.0 Å². The number of carboxylic acids is 1. The topological polar surface area (TPSA) is 80.0 Å². The Balaban J connectivity index is 1.98. The number of fused-ring (bicyclic) bond motifs is 1. The lowest BCUT2D eigenvalue weighted by atomic mass is 10.4. The molecule has 7 nitrogen and oxygen atoms in total. The van der Waals surface area contributed by atoms with Gasteiger partial charge in [-0.25, -0.2) is 9.78 Å².